The van der Waals surface area contributed by atoms with E-state index in [1.165, 1.54) is 0 Å². The van der Waals surface area contributed by atoms with Crippen LogP contribution >= 0.6 is 0 Å². The standard InChI is InChI=1S/C18H24N8O2/c1-4-24(3)18-22-14-10-12(6-9-26(14)23-18)21-16(27)15(20-2)13(11-19)17(28)25-7-5-8-25/h6,9-11,19-20H,4-5,7-8H2,1-3H3,(H,21,27)/p+1/b15-13+,19-11?. The van der Waals surface area contributed by atoms with Gasteiger partial charge in [-0.2, -0.15) is 4.98 Å². The molecular formula is C18H25N8O2+. The monoisotopic (exact) mass is 385 g/mol. The molecule has 10 heteroatoms. The third-order valence-corrected chi connectivity index (χ3v) is 4.74. The first kappa shape index (κ1) is 19.5. The van der Waals surface area contributed by atoms with Crippen molar-refractivity contribution in [2.45, 2.75) is 13.3 Å². The molecular weight excluding hydrogens is 360 g/mol. The average Bonchev–Trinajstić information content (AvgIpc) is 3.06. The van der Waals surface area contributed by atoms with Crippen molar-refractivity contribution in [2.75, 3.05) is 43.9 Å². The molecule has 1 aliphatic rings. The van der Waals surface area contributed by atoms with Gasteiger partial charge in [-0.15, -0.1) is 5.10 Å². The average molecular weight is 385 g/mol. The Labute approximate surface area is 162 Å². The van der Waals surface area contributed by atoms with Crippen molar-refractivity contribution in [1.29, 1.82) is 5.41 Å². The molecule has 1 aliphatic heterocycles. The number of nitrogens with two attached hydrogens (primary N) is 1. The second-order valence-corrected chi connectivity index (χ2v) is 6.50. The van der Waals surface area contributed by atoms with Crippen LogP contribution in [-0.2, 0) is 9.59 Å². The van der Waals surface area contributed by atoms with Crippen LogP contribution in [0.25, 0.3) is 5.65 Å². The molecule has 0 aliphatic carbocycles. The molecule has 3 rings (SSSR count). The van der Waals surface area contributed by atoms with Gasteiger partial charge in [0.2, 0.25) is 11.6 Å². The molecule has 3 heterocycles. The molecule has 28 heavy (non-hydrogen) atoms. The third-order valence-electron chi connectivity index (χ3n) is 4.74. The Kier molecular flexibility index (Phi) is 5.69. The molecule has 0 aromatic carbocycles. The summed E-state index contributed by atoms with van der Waals surface area (Å²) in [5, 5.41) is 16.3. The first-order valence-electron chi connectivity index (χ1n) is 9.20. The van der Waals surface area contributed by atoms with E-state index >= 15 is 0 Å². The van der Waals surface area contributed by atoms with Crippen molar-refractivity contribution in [1.82, 2.24) is 19.5 Å². The lowest BCUT2D eigenvalue weighted by Gasteiger charge is -2.31. The SMILES string of the molecule is CCN(C)c1nc2cc(NC(=O)/C([NH2+]C)=C(/C=N)C(=O)N3CCC3)ccn2n1. The number of carbonyl (C=O) groups is 2. The smallest absolute Gasteiger partial charge is 0.310 e. The molecule has 0 bridgehead atoms. The number of fused-ring (bicyclic) bond motifs is 1. The van der Waals surface area contributed by atoms with Gasteiger partial charge in [-0.05, 0) is 19.4 Å². The van der Waals surface area contributed by atoms with Crippen LogP contribution in [0.1, 0.15) is 13.3 Å². The van der Waals surface area contributed by atoms with E-state index in [1.54, 1.807) is 40.1 Å². The van der Waals surface area contributed by atoms with Crippen molar-refractivity contribution in [3.05, 3.63) is 29.6 Å². The molecule has 10 nitrogen and oxygen atoms in total. The minimum Gasteiger partial charge on any atom is -0.343 e. The number of nitrogens with one attached hydrogen (secondary N) is 2. The number of rotatable bonds is 7. The summed E-state index contributed by atoms with van der Waals surface area (Å²) in [7, 11) is 3.58. The van der Waals surface area contributed by atoms with E-state index in [2.05, 4.69) is 15.4 Å². The molecule has 0 spiro atoms. The van der Waals surface area contributed by atoms with Gasteiger partial charge in [0.1, 0.15) is 5.57 Å². The molecule has 2 aromatic rings. The number of likely N-dealkylation sites (tertiary alicyclic amines) is 1. The summed E-state index contributed by atoms with van der Waals surface area (Å²) in [5.74, 6) is -0.131. The van der Waals surface area contributed by atoms with Gasteiger partial charge in [-0.3, -0.25) is 9.59 Å². The van der Waals surface area contributed by atoms with Gasteiger partial charge in [0.25, 0.3) is 5.91 Å². The Bertz CT molecular complexity index is 944. The lowest BCUT2D eigenvalue weighted by atomic mass is 10.1. The number of likely N-dealkylation sites (N-methyl/N-ethyl adjacent to an activating group) is 1. The maximum absolute atomic E-state index is 12.7. The fraction of sp³-hybridized carbons (Fsp3) is 0.389. The van der Waals surface area contributed by atoms with E-state index in [0.29, 0.717) is 30.4 Å². The number of carbonyl (C=O) groups excluding carboxylic acids is 2. The zero-order valence-electron chi connectivity index (χ0n) is 16.3. The minimum atomic E-state index is -0.440. The van der Waals surface area contributed by atoms with Crippen LogP contribution in [0.5, 0.6) is 0 Å². The van der Waals surface area contributed by atoms with Crippen LogP contribution < -0.4 is 15.5 Å². The predicted molar refractivity (Wildman–Crippen MR) is 105 cm³/mol. The summed E-state index contributed by atoms with van der Waals surface area (Å²) in [6.07, 6.45) is 3.61. The summed E-state index contributed by atoms with van der Waals surface area (Å²) in [6, 6.07) is 3.43. The highest BCUT2D eigenvalue weighted by molar-refractivity contribution is 6.18. The summed E-state index contributed by atoms with van der Waals surface area (Å²) in [6.45, 7) is 4.10. The number of pyridine rings is 1. The molecule has 148 valence electrons. The Balaban J connectivity index is 1.84. The highest BCUT2D eigenvalue weighted by Crippen LogP contribution is 2.16. The summed E-state index contributed by atoms with van der Waals surface area (Å²) in [5.41, 5.74) is 1.41. The van der Waals surface area contributed by atoms with Crippen LogP contribution in [0.2, 0.25) is 0 Å². The maximum Gasteiger partial charge on any atom is 0.310 e. The molecule has 0 saturated carbocycles. The second kappa shape index (κ2) is 8.17. The van der Waals surface area contributed by atoms with Crippen LogP contribution in [-0.4, -0.2) is 71.3 Å². The molecule has 1 fully saturated rings. The molecule has 4 N–H and O–H groups in total. The van der Waals surface area contributed by atoms with Crippen molar-refractivity contribution >= 4 is 35.3 Å². The molecule has 2 aromatic heterocycles. The van der Waals surface area contributed by atoms with Gasteiger partial charge in [0.05, 0.1) is 7.05 Å². The maximum atomic E-state index is 12.7. The van der Waals surface area contributed by atoms with E-state index in [1.807, 2.05) is 18.9 Å². The molecule has 0 radical (unpaired) electrons. The van der Waals surface area contributed by atoms with Gasteiger partial charge in [0.15, 0.2) is 5.65 Å². The van der Waals surface area contributed by atoms with E-state index in [4.69, 9.17) is 5.41 Å². The number of quaternary nitrogens is 1. The van der Waals surface area contributed by atoms with Gasteiger partial charge < -0.3 is 25.8 Å². The Morgan fingerprint density at radius 1 is 1.43 bits per heavy atom. The minimum absolute atomic E-state index is 0.0927. The van der Waals surface area contributed by atoms with Crippen molar-refractivity contribution < 1.29 is 14.9 Å². The first-order valence-corrected chi connectivity index (χ1v) is 9.20. The zero-order chi connectivity index (χ0) is 20.3. The summed E-state index contributed by atoms with van der Waals surface area (Å²) >= 11 is 0. The third kappa shape index (κ3) is 3.72. The van der Waals surface area contributed by atoms with Crippen LogP contribution in [0.15, 0.2) is 29.6 Å². The topological polar surface area (TPSA) is 123 Å². The van der Waals surface area contributed by atoms with Crippen molar-refractivity contribution in [2.24, 2.45) is 0 Å². The number of anilines is 2. The predicted octanol–water partition coefficient (Wildman–Crippen LogP) is -0.547. The second-order valence-electron chi connectivity index (χ2n) is 6.50. The fourth-order valence-electron chi connectivity index (χ4n) is 2.80. The normalized spacial score (nSPS) is 14.3. The highest BCUT2D eigenvalue weighted by Gasteiger charge is 2.29. The lowest BCUT2D eigenvalue weighted by molar-refractivity contribution is -0.570. The van der Waals surface area contributed by atoms with Crippen molar-refractivity contribution in [3.63, 3.8) is 0 Å². The van der Waals surface area contributed by atoms with Crippen LogP contribution in [0.4, 0.5) is 11.6 Å². The van der Waals surface area contributed by atoms with Gasteiger partial charge in [-0.1, -0.05) is 0 Å². The van der Waals surface area contributed by atoms with E-state index < -0.39 is 5.91 Å². The summed E-state index contributed by atoms with van der Waals surface area (Å²) in [4.78, 5) is 33.2. The Morgan fingerprint density at radius 3 is 2.75 bits per heavy atom. The van der Waals surface area contributed by atoms with E-state index in [0.717, 1.165) is 19.2 Å². The Morgan fingerprint density at radius 2 is 2.18 bits per heavy atom. The van der Waals surface area contributed by atoms with Crippen LogP contribution in [0, 0.1) is 5.41 Å². The number of aromatic nitrogens is 3. The van der Waals surface area contributed by atoms with Crippen molar-refractivity contribution in [3.8, 4) is 0 Å². The molecule has 2 amide bonds. The zero-order valence-corrected chi connectivity index (χ0v) is 16.3. The highest BCUT2D eigenvalue weighted by atomic mass is 16.2. The number of amides is 2. The molecule has 0 atom stereocenters. The first-order chi connectivity index (χ1) is 13.5. The summed E-state index contributed by atoms with van der Waals surface area (Å²) < 4.78 is 1.64. The largest absolute Gasteiger partial charge is 0.343 e. The van der Waals surface area contributed by atoms with E-state index in [-0.39, 0.29) is 17.2 Å². The van der Waals surface area contributed by atoms with E-state index in [9.17, 15) is 9.59 Å². The number of hydrogen-bond donors (Lipinski definition) is 3. The quantitative estimate of drug-likeness (QED) is 0.436. The van der Waals surface area contributed by atoms with Gasteiger partial charge >= 0.3 is 5.91 Å². The number of hydrogen-bond acceptors (Lipinski definition) is 6. The lowest BCUT2D eigenvalue weighted by Crippen LogP contribution is -2.80. The van der Waals surface area contributed by atoms with Crippen LogP contribution in [0.3, 0.4) is 0 Å². The number of nitrogens with zero attached hydrogens (tertiary/aromatic N) is 5. The molecule has 1 saturated heterocycles. The van der Waals surface area contributed by atoms with Gasteiger partial charge in [0, 0.05) is 50.8 Å². The van der Waals surface area contributed by atoms with Gasteiger partial charge in [-0.25, -0.2) is 4.52 Å². The molecule has 0 unspecified atom stereocenters. The fourth-order valence-corrected chi connectivity index (χ4v) is 2.80. The Hall–Kier alpha value is -3.27.